The Kier molecular flexibility index (Phi) is 2.35. The van der Waals surface area contributed by atoms with Crippen molar-refractivity contribution < 1.29 is 4.74 Å². The lowest BCUT2D eigenvalue weighted by Gasteiger charge is -2.18. The third kappa shape index (κ3) is 1.51. The van der Waals surface area contributed by atoms with Crippen LogP contribution in [-0.4, -0.2) is 12.2 Å². The summed E-state index contributed by atoms with van der Waals surface area (Å²) in [6.45, 7) is 8.92. The third-order valence-corrected chi connectivity index (χ3v) is 2.31. The minimum atomic E-state index is 0.488. The Morgan fingerprint density at radius 1 is 1.30 bits per heavy atom. The fourth-order valence-electron chi connectivity index (χ4n) is 1.93. The zero-order valence-electron chi connectivity index (χ0n) is 7.42. The Labute approximate surface area is 63.8 Å². The average molecular weight is 142 g/mol. The Morgan fingerprint density at radius 3 is 2.10 bits per heavy atom. The van der Waals surface area contributed by atoms with Crippen LogP contribution in [0.15, 0.2) is 0 Å². The van der Waals surface area contributed by atoms with Crippen LogP contribution in [0.25, 0.3) is 0 Å². The molecule has 0 radical (unpaired) electrons. The molecule has 0 N–H and O–H groups in total. The quantitative estimate of drug-likeness (QED) is 0.546. The smallest absolute Gasteiger partial charge is 0.0628 e. The summed E-state index contributed by atoms with van der Waals surface area (Å²) in [5, 5.41) is 0. The van der Waals surface area contributed by atoms with Crippen molar-refractivity contribution in [3.8, 4) is 0 Å². The van der Waals surface area contributed by atoms with E-state index in [9.17, 15) is 0 Å². The Bertz CT molecular complexity index is 109. The lowest BCUT2D eigenvalue weighted by Crippen LogP contribution is -2.20. The monoisotopic (exact) mass is 142 g/mol. The van der Waals surface area contributed by atoms with Gasteiger partial charge >= 0.3 is 0 Å². The molecule has 1 aliphatic heterocycles. The molecule has 1 aliphatic rings. The average Bonchev–Trinajstić information content (AvgIpc) is 2.10. The van der Waals surface area contributed by atoms with Gasteiger partial charge in [0.1, 0.15) is 0 Å². The number of hydrogen-bond donors (Lipinski definition) is 0. The van der Waals surface area contributed by atoms with Gasteiger partial charge in [-0.25, -0.2) is 0 Å². The van der Waals surface area contributed by atoms with Crippen molar-refractivity contribution >= 4 is 0 Å². The first-order valence-corrected chi connectivity index (χ1v) is 4.26. The molecule has 0 aromatic heterocycles. The second kappa shape index (κ2) is 2.91. The van der Waals surface area contributed by atoms with Crippen molar-refractivity contribution in [2.24, 2.45) is 11.8 Å². The molecule has 1 fully saturated rings. The van der Waals surface area contributed by atoms with E-state index in [0.29, 0.717) is 18.1 Å². The highest BCUT2D eigenvalue weighted by Crippen LogP contribution is 2.30. The summed E-state index contributed by atoms with van der Waals surface area (Å²) < 4.78 is 5.73. The highest BCUT2D eigenvalue weighted by molar-refractivity contribution is 4.79. The van der Waals surface area contributed by atoms with Gasteiger partial charge in [0.25, 0.3) is 0 Å². The molecule has 0 aliphatic carbocycles. The summed E-state index contributed by atoms with van der Waals surface area (Å²) in [6, 6.07) is 0. The van der Waals surface area contributed by atoms with Gasteiger partial charge < -0.3 is 4.74 Å². The van der Waals surface area contributed by atoms with Crippen LogP contribution in [-0.2, 0) is 4.74 Å². The maximum Gasteiger partial charge on any atom is 0.0628 e. The summed E-state index contributed by atoms with van der Waals surface area (Å²) in [7, 11) is 0. The van der Waals surface area contributed by atoms with Crippen LogP contribution in [0.5, 0.6) is 0 Å². The number of ether oxygens (including phenoxy) is 1. The van der Waals surface area contributed by atoms with Crippen LogP contribution in [0.2, 0.25) is 0 Å². The molecule has 1 unspecified atom stereocenters. The SMILES string of the molecule is CC1C[C@@H](C)[C@H](C(C)C)O1. The Hall–Kier alpha value is -0.0400. The molecule has 0 amide bonds. The minimum absolute atomic E-state index is 0.488. The molecule has 1 rings (SSSR count). The molecule has 1 nitrogen and oxygen atoms in total. The van der Waals surface area contributed by atoms with Crippen LogP contribution in [0.3, 0.4) is 0 Å². The molecule has 0 bridgehead atoms. The summed E-state index contributed by atoms with van der Waals surface area (Å²) in [5.41, 5.74) is 0. The van der Waals surface area contributed by atoms with Gasteiger partial charge in [0.05, 0.1) is 12.2 Å². The normalized spacial score (nSPS) is 41.1. The highest BCUT2D eigenvalue weighted by atomic mass is 16.5. The van der Waals surface area contributed by atoms with Crippen molar-refractivity contribution in [3.63, 3.8) is 0 Å². The molecule has 0 aromatic rings. The lowest BCUT2D eigenvalue weighted by molar-refractivity contribution is 0.0172. The van der Waals surface area contributed by atoms with Crippen LogP contribution in [0.4, 0.5) is 0 Å². The van der Waals surface area contributed by atoms with Gasteiger partial charge in [-0.3, -0.25) is 0 Å². The topological polar surface area (TPSA) is 9.23 Å². The van der Waals surface area contributed by atoms with Crippen molar-refractivity contribution in [1.82, 2.24) is 0 Å². The zero-order valence-corrected chi connectivity index (χ0v) is 7.42. The fourth-order valence-corrected chi connectivity index (χ4v) is 1.93. The number of rotatable bonds is 1. The van der Waals surface area contributed by atoms with E-state index in [1.807, 2.05) is 0 Å². The summed E-state index contributed by atoms with van der Waals surface area (Å²) in [6.07, 6.45) is 2.24. The molecule has 60 valence electrons. The second-order valence-electron chi connectivity index (χ2n) is 3.87. The maximum absolute atomic E-state index is 5.73. The summed E-state index contributed by atoms with van der Waals surface area (Å²) in [4.78, 5) is 0. The highest BCUT2D eigenvalue weighted by Gasteiger charge is 2.31. The van der Waals surface area contributed by atoms with E-state index in [2.05, 4.69) is 27.7 Å². The van der Waals surface area contributed by atoms with Crippen molar-refractivity contribution in [2.75, 3.05) is 0 Å². The summed E-state index contributed by atoms with van der Waals surface area (Å²) in [5.74, 6) is 1.44. The van der Waals surface area contributed by atoms with Crippen molar-refractivity contribution in [2.45, 2.75) is 46.3 Å². The molecular formula is C9H18O. The molecule has 1 heterocycles. The first kappa shape index (κ1) is 8.06. The molecule has 0 aromatic carbocycles. The van der Waals surface area contributed by atoms with E-state index in [1.165, 1.54) is 6.42 Å². The molecule has 1 heteroatoms. The van der Waals surface area contributed by atoms with E-state index in [-0.39, 0.29) is 0 Å². The zero-order chi connectivity index (χ0) is 7.72. The Morgan fingerprint density at radius 2 is 1.90 bits per heavy atom. The molecule has 1 saturated heterocycles. The molecule has 0 saturated carbocycles. The minimum Gasteiger partial charge on any atom is -0.375 e. The van der Waals surface area contributed by atoms with Crippen molar-refractivity contribution in [3.05, 3.63) is 0 Å². The third-order valence-electron chi connectivity index (χ3n) is 2.31. The lowest BCUT2D eigenvalue weighted by atomic mass is 9.94. The molecule has 3 atom stereocenters. The van der Waals surface area contributed by atoms with Crippen LogP contribution < -0.4 is 0 Å². The van der Waals surface area contributed by atoms with Crippen LogP contribution in [0, 0.1) is 11.8 Å². The van der Waals surface area contributed by atoms with Gasteiger partial charge in [-0.15, -0.1) is 0 Å². The van der Waals surface area contributed by atoms with Crippen LogP contribution in [0.1, 0.15) is 34.1 Å². The number of hydrogen-bond acceptors (Lipinski definition) is 1. The first-order chi connectivity index (χ1) is 4.61. The van der Waals surface area contributed by atoms with Gasteiger partial charge in [0.2, 0.25) is 0 Å². The van der Waals surface area contributed by atoms with Gasteiger partial charge in [0.15, 0.2) is 0 Å². The predicted octanol–water partition coefficient (Wildman–Crippen LogP) is 2.46. The van der Waals surface area contributed by atoms with Gasteiger partial charge in [-0.1, -0.05) is 20.8 Å². The van der Waals surface area contributed by atoms with Gasteiger partial charge in [-0.05, 0) is 25.2 Å². The maximum atomic E-state index is 5.73. The molecule has 10 heavy (non-hydrogen) atoms. The van der Waals surface area contributed by atoms with E-state index in [1.54, 1.807) is 0 Å². The second-order valence-corrected chi connectivity index (χ2v) is 3.87. The molecular weight excluding hydrogens is 124 g/mol. The van der Waals surface area contributed by atoms with Crippen molar-refractivity contribution in [1.29, 1.82) is 0 Å². The van der Waals surface area contributed by atoms with Gasteiger partial charge in [0, 0.05) is 0 Å². The fraction of sp³-hybridized carbons (Fsp3) is 1.00. The first-order valence-electron chi connectivity index (χ1n) is 4.26. The Balaban J connectivity index is 2.46. The van der Waals surface area contributed by atoms with E-state index >= 15 is 0 Å². The largest absolute Gasteiger partial charge is 0.375 e. The molecule has 0 spiro atoms. The van der Waals surface area contributed by atoms with E-state index in [4.69, 9.17) is 4.74 Å². The standard InChI is InChI=1S/C9H18O/c1-6(2)9-7(3)5-8(4)10-9/h6-9H,5H2,1-4H3/t7-,8?,9+/m1/s1. The van der Waals surface area contributed by atoms with E-state index < -0.39 is 0 Å². The predicted molar refractivity (Wildman–Crippen MR) is 43.0 cm³/mol. The van der Waals surface area contributed by atoms with Gasteiger partial charge in [-0.2, -0.15) is 0 Å². The van der Waals surface area contributed by atoms with Crippen LogP contribution >= 0.6 is 0 Å². The van der Waals surface area contributed by atoms with E-state index in [0.717, 1.165) is 5.92 Å². The summed E-state index contributed by atoms with van der Waals surface area (Å²) >= 11 is 0.